The van der Waals surface area contributed by atoms with Crippen LogP contribution in [0.4, 0.5) is 11.5 Å². The van der Waals surface area contributed by atoms with Crippen LogP contribution < -0.4 is 11.1 Å². The van der Waals surface area contributed by atoms with E-state index in [1.165, 1.54) is 0 Å². The van der Waals surface area contributed by atoms with Gasteiger partial charge in [0.15, 0.2) is 0 Å². The van der Waals surface area contributed by atoms with E-state index in [1.807, 2.05) is 12.1 Å². The third-order valence-electron chi connectivity index (χ3n) is 2.22. The van der Waals surface area contributed by atoms with Crippen LogP contribution in [0.25, 0.3) is 0 Å². The molecule has 4 heteroatoms. The number of nitrogens with zero attached hydrogens (tertiary/aromatic N) is 2. The number of anilines is 2. The Morgan fingerprint density at radius 3 is 2.85 bits per heavy atom. The number of likely N-dealkylation sites (N-methyl/N-ethyl adjacent to an activating group) is 1. The van der Waals surface area contributed by atoms with Crippen LogP contribution in [0.5, 0.6) is 0 Å². The van der Waals surface area contributed by atoms with Crippen molar-refractivity contribution in [2.24, 2.45) is 0 Å². The minimum absolute atomic E-state index is 0.565. The fourth-order valence-electron chi connectivity index (χ4n) is 1.52. The van der Waals surface area contributed by atoms with E-state index in [1.54, 1.807) is 6.20 Å². The number of pyridine rings is 1. The van der Waals surface area contributed by atoms with Gasteiger partial charge in [0, 0.05) is 13.1 Å². The van der Waals surface area contributed by atoms with Crippen LogP contribution in [0, 0.1) is 0 Å². The van der Waals surface area contributed by atoms with Crippen LogP contribution in [-0.4, -0.2) is 36.1 Å². The van der Waals surface area contributed by atoms with E-state index in [0.29, 0.717) is 11.9 Å². The first-order chi connectivity index (χ1) is 6.24. The maximum atomic E-state index is 5.48. The molecular formula is C9H14N4. The summed E-state index contributed by atoms with van der Waals surface area (Å²) in [6.07, 6.45) is 1.77. The van der Waals surface area contributed by atoms with E-state index in [4.69, 9.17) is 5.73 Å². The molecule has 0 radical (unpaired) electrons. The molecule has 70 valence electrons. The number of hydrogen-bond acceptors (Lipinski definition) is 4. The molecule has 3 N–H and O–H groups in total. The van der Waals surface area contributed by atoms with Crippen LogP contribution in [0.1, 0.15) is 0 Å². The quantitative estimate of drug-likeness (QED) is 0.688. The lowest BCUT2D eigenvalue weighted by atomic mass is 10.1. The van der Waals surface area contributed by atoms with E-state index < -0.39 is 0 Å². The monoisotopic (exact) mass is 178 g/mol. The predicted octanol–water partition coefficient (Wildman–Crippen LogP) is 0.390. The molecule has 1 saturated heterocycles. The molecule has 13 heavy (non-hydrogen) atoms. The lowest BCUT2D eigenvalue weighted by Crippen LogP contribution is -2.52. The highest BCUT2D eigenvalue weighted by Crippen LogP contribution is 2.13. The molecule has 0 unspecified atom stereocenters. The molecule has 1 aliphatic rings. The molecule has 1 aromatic rings. The first kappa shape index (κ1) is 8.31. The van der Waals surface area contributed by atoms with Crippen LogP contribution in [0.15, 0.2) is 18.3 Å². The van der Waals surface area contributed by atoms with Crippen molar-refractivity contribution < 1.29 is 0 Å². The Kier molecular flexibility index (Phi) is 2.06. The van der Waals surface area contributed by atoms with E-state index >= 15 is 0 Å². The fourth-order valence-corrected chi connectivity index (χ4v) is 1.52. The van der Waals surface area contributed by atoms with Crippen molar-refractivity contribution in [2.75, 3.05) is 31.2 Å². The Labute approximate surface area is 77.8 Å². The smallest absolute Gasteiger partial charge is 0.123 e. The summed E-state index contributed by atoms with van der Waals surface area (Å²) >= 11 is 0. The summed E-state index contributed by atoms with van der Waals surface area (Å²) in [6, 6.07) is 4.33. The zero-order chi connectivity index (χ0) is 9.26. The topological polar surface area (TPSA) is 54.2 Å². The van der Waals surface area contributed by atoms with Crippen LogP contribution in [0.2, 0.25) is 0 Å². The molecule has 0 bridgehead atoms. The maximum Gasteiger partial charge on any atom is 0.123 e. The second-order valence-electron chi connectivity index (χ2n) is 3.53. The van der Waals surface area contributed by atoms with Gasteiger partial charge in [0.1, 0.15) is 5.82 Å². The standard InChI is InChI=1S/C9H14N4/c1-13-5-8(6-13)12-7-2-3-9(10)11-4-7/h2-4,8,12H,5-6H2,1H3,(H2,10,11). The van der Waals surface area contributed by atoms with Gasteiger partial charge in [-0.3, -0.25) is 0 Å². The zero-order valence-electron chi connectivity index (χ0n) is 7.70. The number of likely N-dealkylation sites (tertiary alicyclic amines) is 1. The van der Waals surface area contributed by atoms with E-state index in [0.717, 1.165) is 18.8 Å². The van der Waals surface area contributed by atoms with Gasteiger partial charge >= 0.3 is 0 Å². The highest BCUT2D eigenvalue weighted by molar-refractivity contribution is 5.46. The van der Waals surface area contributed by atoms with Crippen molar-refractivity contribution in [3.05, 3.63) is 18.3 Å². The summed E-state index contributed by atoms with van der Waals surface area (Å²) < 4.78 is 0. The molecule has 0 atom stereocenters. The number of nitrogens with two attached hydrogens (primary N) is 1. The van der Waals surface area contributed by atoms with Crippen LogP contribution >= 0.6 is 0 Å². The van der Waals surface area contributed by atoms with E-state index in [9.17, 15) is 0 Å². The number of nitrogens with one attached hydrogen (secondary N) is 1. The second-order valence-corrected chi connectivity index (χ2v) is 3.53. The molecule has 0 aromatic carbocycles. The zero-order valence-corrected chi connectivity index (χ0v) is 7.70. The Morgan fingerprint density at radius 2 is 2.31 bits per heavy atom. The molecule has 0 aliphatic carbocycles. The van der Waals surface area contributed by atoms with Crippen molar-refractivity contribution in [3.8, 4) is 0 Å². The number of aromatic nitrogens is 1. The molecular weight excluding hydrogens is 164 g/mol. The van der Waals surface area contributed by atoms with Gasteiger partial charge < -0.3 is 16.0 Å². The Bertz CT molecular complexity index is 276. The molecule has 1 fully saturated rings. The maximum absolute atomic E-state index is 5.48. The van der Waals surface area contributed by atoms with Gasteiger partial charge in [-0.15, -0.1) is 0 Å². The summed E-state index contributed by atoms with van der Waals surface area (Å²) in [5, 5.41) is 3.38. The van der Waals surface area contributed by atoms with Crippen molar-refractivity contribution in [1.82, 2.24) is 9.88 Å². The van der Waals surface area contributed by atoms with Gasteiger partial charge in [-0.1, -0.05) is 0 Å². The predicted molar refractivity (Wildman–Crippen MR) is 53.6 cm³/mol. The highest BCUT2D eigenvalue weighted by Gasteiger charge is 2.22. The molecule has 4 nitrogen and oxygen atoms in total. The first-order valence-electron chi connectivity index (χ1n) is 4.40. The third kappa shape index (κ3) is 1.89. The van der Waals surface area contributed by atoms with Gasteiger partial charge in [0.2, 0.25) is 0 Å². The lowest BCUT2D eigenvalue weighted by molar-refractivity contribution is 0.205. The molecule has 0 amide bonds. The summed E-state index contributed by atoms with van der Waals surface area (Å²) in [5.74, 6) is 0.566. The SMILES string of the molecule is CN1CC(Nc2ccc(N)nc2)C1. The van der Waals surface area contributed by atoms with Crippen LogP contribution in [0.3, 0.4) is 0 Å². The average Bonchev–Trinajstić information content (AvgIpc) is 2.06. The average molecular weight is 178 g/mol. The van der Waals surface area contributed by atoms with Gasteiger partial charge in [0.25, 0.3) is 0 Å². The third-order valence-corrected chi connectivity index (χ3v) is 2.22. The summed E-state index contributed by atoms with van der Waals surface area (Å²) in [6.45, 7) is 2.20. The van der Waals surface area contributed by atoms with Crippen molar-refractivity contribution in [2.45, 2.75) is 6.04 Å². The number of hydrogen-bond donors (Lipinski definition) is 2. The summed E-state index contributed by atoms with van der Waals surface area (Å²) in [5.41, 5.74) is 6.53. The second kappa shape index (κ2) is 3.22. The highest BCUT2D eigenvalue weighted by atomic mass is 15.2. The van der Waals surface area contributed by atoms with E-state index in [-0.39, 0.29) is 0 Å². The largest absolute Gasteiger partial charge is 0.384 e. The van der Waals surface area contributed by atoms with Gasteiger partial charge in [-0.25, -0.2) is 4.98 Å². The Balaban J connectivity index is 1.91. The lowest BCUT2D eigenvalue weighted by Gasteiger charge is -2.37. The molecule has 0 spiro atoms. The van der Waals surface area contributed by atoms with Crippen LogP contribution in [-0.2, 0) is 0 Å². The van der Waals surface area contributed by atoms with Crippen molar-refractivity contribution in [1.29, 1.82) is 0 Å². The van der Waals surface area contributed by atoms with Gasteiger partial charge in [0.05, 0.1) is 17.9 Å². The molecule has 0 saturated carbocycles. The van der Waals surface area contributed by atoms with Gasteiger partial charge in [-0.2, -0.15) is 0 Å². The molecule has 1 aliphatic heterocycles. The van der Waals surface area contributed by atoms with Crippen molar-refractivity contribution >= 4 is 11.5 Å². The minimum atomic E-state index is 0.565. The molecule has 2 heterocycles. The molecule has 1 aromatic heterocycles. The Morgan fingerprint density at radius 1 is 1.54 bits per heavy atom. The Hall–Kier alpha value is -1.29. The molecule has 2 rings (SSSR count). The fraction of sp³-hybridized carbons (Fsp3) is 0.444. The van der Waals surface area contributed by atoms with E-state index in [2.05, 4.69) is 22.2 Å². The number of nitrogen functional groups attached to an aromatic ring is 1. The van der Waals surface area contributed by atoms with Crippen molar-refractivity contribution in [3.63, 3.8) is 0 Å². The van der Waals surface area contributed by atoms with Gasteiger partial charge in [-0.05, 0) is 19.2 Å². The normalized spacial score (nSPS) is 18.2. The summed E-state index contributed by atoms with van der Waals surface area (Å²) in [7, 11) is 2.11. The first-order valence-corrected chi connectivity index (χ1v) is 4.40. The summed E-state index contributed by atoms with van der Waals surface area (Å²) in [4.78, 5) is 6.28. The number of rotatable bonds is 2. The minimum Gasteiger partial charge on any atom is -0.384 e.